The van der Waals surface area contributed by atoms with Gasteiger partial charge in [-0.2, -0.15) is 0 Å². The van der Waals surface area contributed by atoms with Crippen LogP contribution in [-0.4, -0.2) is 23.4 Å². The molecule has 2 N–H and O–H groups in total. The van der Waals surface area contributed by atoms with Crippen LogP contribution < -0.4 is 5.32 Å². The fourth-order valence-corrected chi connectivity index (χ4v) is 1.65. The summed E-state index contributed by atoms with van der Waals surface area (Å²) in [6.45, 7) is 0. The number of carboxylic acids is 1. The molecule has 0 aliphatic carbocycles. The average molecular weight is 241 g/mol. The molecule has 0 amide bonds. The maximum absolute atomic E-state index is 10.9. The van der Waals surface area contributed by atoms with Crippen molar-refractivity contribution < 1.29 is 19.0 Å². The molecule has 1 rings (SSSR count). The van der Waals surface area contributed by atoms with Gasteiger partial charge >= 0.3 is 13.6 Å². The number of rotatable bonds is 6. The summed E-state index contributed by atoms with van der Waals surface area (Å²) >= 11 is 0. The maximum Gasteiger partial charge on any atom is 0.329 e. The van der Waals surface area contributed by atoms with Gasteiger partial charge in [-0.25, -0.2) is 9.13 Å². The van der Waals surface area contributed by atoms with Gasteiger partial charge in [0.25, 0.3) is 0 Å². The summed E-state index contributed by atoms with van der Waals surface area (Å²) in [7, 11) is -2.61. The van der Waals surface area contributed by atoms with Crippen LogP contribution in [-0.2, 0) is 20.3 Å². The van der Waals surface area contributed by atoms with Crippen LogP contribution in [0.15, 0.2) is 30.3 Å². The Kier molecular flexibility index (Phi) is 4.89. The highest BCUT2D eigenvalue weighted by atomic mass is 31.1. The molecule has 1 atom stereocenters. The molecule has 0 aromatic heterocycles. The van der Waals surface area contributed by atoms with Crippen LogP contribution in [0.25, 0.3) is 0 Å². The zero-order valence-electron chi connectivity index (χ0n) is 8.50. The Balaban J connectivity index is 2.61. The van der Waals surface area contributed by atoms with Crippen molar-refractivity contribution in [1.82, 2.24) is 5.32 Å². The molecule has 0 saturated carbocycles. The minimum Gasteiger partial charge on any atom is -0.480 e. The highest BCUT2D eigenvalue weighted by Crippen LogP contribution is 2.05. The van der Waals surface area contributed by atoms with Crippen molar-refractivity contribution in [3.05, 3.63) is 35.9 Å². The SMILES string of the molecule is O=C(O)C(Cc1ccccc1)NCP(=O)=O. The zero-order valence-corrected chi connectivity index (χ0v) is 9.39. The van der Waals surface area contributed by atoms with Crippen molar-refractivity contribution >= 4 is 13.6 Å². The molecule has 1 unspecified atom stereocenters. The Morgan fingerprint density at radius 1 is 1.31 bits per heavy atom. The van der Waals surface area contributed by atoms with Crippen molar-refractivity contribution in [3.8, 4) is 0 Å². The molecule has 16 heavy (non-hydrogen) atoms. The first-order valence-electron chi connectivity index (χ1n) is 4.71. The van der Waals surface area contributed by atoms with E-state index in [1.807, 2.05) is 18.2 Å². The van der Waals surface area contributed by atoms with Crippen LogP contribution >= 0.6 is 7.68 Å². The lowest BCUT2D eigenvalue weighted by atomic mass is 10.1. The number of hydrogen-bond acceptors (Lipinski definition) is 4. The van der Waals surface area contributed by atoms with E-state index in [0.717, 1.165) is 5.56 Å². The first-order chi connectivity index (χ1) is 7.59. The minimum absolute atomic E-state index is 0.263. The van der Waals surface area contributed by atoms with Gasteiger partial charge in [0.2, 0.25) is 0 Å². The second-order valence-electron chi connectivity index (χ2n) is 3.28. The fraction of sp³-hybridized carbons (Fsp3) is 0.300. The van der Waals surface area contributed by atoms with Gasteiger partial charge in [-0.1, -0.05) is 30.3 Å². The molecule has 86 valence electrons. The molecular weight excluding hydrogens is 229 g/mol. The first-order valence-corrected chi connectivity index (χ1v) is 6.08. The molecule has 0 heterocycles. The summed E-state index contributed by atoms with van der Waals surface area (Å²) in [4.78, 5) is 10.9. The van der Waals surface area contributed by atoms with Gasteiger partial charge in [-0.05, 0) is 12.0 Å². The lowest BCUT2D eigenvalue weighted by Gasteiger charge is -2.11. The van der Waals surface area contributed by atoms with E-state index in [-0.39, 0.29) is 12.7 Å². The smallest absolute Gasteiger partial charge is 0.329 e. The lowest BCUT2D eigenvalue weighted by molar-refractivity contribution is -0.139. The molecule has 1 aromatic carbocycles. The van der Waals surface area contributed by atoms with E-state index in [9.17, 15) is 13.9 Å². The number of aliphatic carboxylic acids is 1. The van der Waals surface area contributed by atoms with Gasteiger partial charge in [0.15, 0.2) is 0 Å². The Hall–Kier alpha value is -1.45. The standard InChI is InChI=1S/C10H12NO4P/c12-10(13)9(11-7-16(14)15)6-8-4-2-1-3-5-8/h1-5,9,11H,6-7H2,(H,12,13). The third kappa shape index (κ3) is 4.38. The fourth-order valence-electron chi connectivity index (χ4n) is 1.28. The summed E-state index contributed by atoms with van der Waals surface area (Å²) < 4.78 is 20.7. The molecule has 0 spiro atoms. The summed E-state index contributed by atoms with van der Waals surface area (Å²) in [5.74, 6) is -1.05. The lowest BCUT2D eigenvalue weighted by Crippen LogP contribution is -2.37. The van der Waals surface area contributed by atoms with Gasteiger partial charge < -0.3 is 5.11 Å². The predicted molar refractivity (Wildman–Crippen MR) is 57.9 cm³/mol. The highest BCUT2D eigenvalue weighted by Gasteiger charge is 2.17. The minimum atomic E-state index is -2.61. The number of carboxylic acid groups (broad SMARTS) is 1. The Morgan fingerprint density at radius 2 is 1.94 bits per heavy atom. The average Bonchev–Trinajstić information content (AvgIpc) is 2.25. The largest absolute Gasteiger partial charge is 0.480 e. The van der Waals surface area contributed by atoms with Crippen molar-refractivity contribution in [2.24, 2.45) is 0 Å². The number of carbonyl (C=O) groups is 1. The topological polar surface area (TPSA) is 83.5 Å². The molecule has 0 bridgehead atoms. The van der Waals surface area contributed by atoms with E-state index in [4.69, 9.17) is 5.11 Å². The maximum atomic E-state index is 10.9. The molecule has 1 aromatic rings. The van der Waals surface area contributed by atoms with E-state index in [2.05, 4.69) is 5.32 Å². The van der Waals surface area contributed by atoms with Crippen molar-refractivity contribution in [1.29, 1.82) is 0 Å². The first kappa shape index (κ1) is 12.6. The number of hydrogen-bond donors (Lipinski definition) is 2. The molecule has 5 nitrogen and oxygen atoms in total. The van der Waals surface area contributed by atoms with Crippen LogP contribution in [0.5, 0.6) is 0 Å². The van der Waals surface area contributed by atoms with E-state index in [1.54, 1.807) is 12.1 Å². The van der Waals surface area contributed by atoms with Crippen LogP contribution in [0.1, 0.15) is 5.56 Å². The van der Waals surface area contributed by atoms with Gasteiger partial charge in [-0.3, -0.25) is 10.1 Å². The molecule has 0 radical (unpaired) electrons. The number of nitrogens with one attached hydrogen (secondary N) is 1. The Bertz CT molecular complexity index is 408. The van der Waals surface area contributed by atoms with E-state index >= 15 is 0 Å². The summed E-state index contributed by atoms with van der Waals surface area (Å²) in [6, 6.07) is 8.17. The molecule has 6 heteroatoms. The summed E-state index contributed by atoms with van der Waals surface area (Å²) in [6.07, 6.45) is -0.0571. The van der Waals surface area contributed by atoms with Crippen molar-refractivity contribution in [2.45, 2.75) is 12.5 Å². The van der Waals surface area contributed by atoms with Crippen molar-refractivity contribution in [2.75, 3.05) is 6.29 Å². The van der Waals surface area contributed by atoms with Crippen LogP contribution in [0, 0.1) is 0 Å². The Labute approximate surface area is 93.3 Å². The van der Waals surface area contributed by atoms with Crippen LogP contribution in [0.4, 0.5) is 0 Å². The van der Waals surface area contributed by atoms with Gasteiger partial charge in [0.05, 0.1) is 0 Å². The summed E-state index contributed by atoms with van der Waals surface area (Å²) in [5, 5.41) is 11.4. The van der Waals surface area contributed by atoms with E-state index < -0.39 is 19.7 Å². The number of benzene rings is 1. The molecule has 0 aliphatic rings. The zero-order chi connectivity index (χ0) is 12.0. The van der Waals surface area contributed by atoms with E-state index in [1.165, 1.54) is 0 Å². The van der Waals surface area contributed by atoms with E-state index in [0.29, 0.717) is 0 Å². The molecule has 0 aliphatic heterocycles. The summed E-state index contributed by atoms with van der Waals surface area (Å²) in [5.41, 5.74) is 0.850. The molecule has 0 saturated heterocycles. The molecule has 0 fully saturated rings. The second-order valence-corrected chi connectivity index (χ2v) is 4.26. The van der Waals surface area contributed by atoms with Gasteiger partial charge in [-0.15, -0.1) is 0 Å². The van der Waals surface area contributed by atoms with Crippen LogP contribution in [0.2, 0.25) is 0 Å². The molecular formula is C10H12NO4P. The predicted octanol–water partition coefficient (Wildman–Crippen LogP) is 1.40. The monoisotopic (exact) mass is 241 g/mol. The van der Waals surface area contributed by atoms with Crippen LogP contribution in [0.3, 0.4) is 0 Å². The van der Waals surface area contributed by atoms with Gasteiger partial charge in [0, 0.05) is 0 Å². The second kappa shape index (κ2) is 6.20. The Morgan fingerprint density at radius 3 is 2.44 bits per heavy atom. The normalized spacial score (nSPS) is 12.0. The van der Waals surface area contributed by atoms with Gasteiger partial charge in [0.1, 0.15) is 12.3 Å². The third-order valence-corrected chi connectivity index (χ3v) is 2.49. The highest BCUT2D eigenvalue weighted by molar-refractivity contribution is 7.30. The van der Waals surface area contributed by atoms with Crippen molar-refractivity contribution in [3.63, 3.8) is 0 Å². The quantitative estimate of drug-likeness (QED) is 0.735. The third-order valence-electron chi connectivity index (χ3n) is 2.05.